The number of aromatic nitrogens is 3. The van der Waals surface area contributed by atoms with E-state index < -0.39 is 4.92 Å². The number of anilines is 1. The second-order valence-electron chi connectivity index (χ2n) is 4.69. The second-order valence-corrected chi connectivity index (χ2v) is 5.65. The van der Waals surface area contributed by atoms with Crippen LogP contribution < -0.4 is 4.90 Å². The fraction of sp³-hybridized carbons (Fsp3) is 0.333. The van der Waals surface area contributed by atoms with Gasteiger partial charge in [-0.15, -0.1) is 0 Å². The van der Waals surface area contributed by atoms with Crippen LogP contribution in [0.2, 0.25) is 0 Å². The largest absolute Gasteiger partial charge is 0.368 e. The molecule has 0 N–H and O–H groups in total. The molecule has 0 aliphatic carbocycles. The predicted octanol–water partition coefficient (Wildman–Crippen LogP) is 2.52. The van der Waals surface area contributed by atoms with Crippen LogP contribution >= 0.6 is 15.9 Å². The zero-order chi connectivity index (χ0) is 14.3. The molecule has 3 heterocycles. The lowest BCUT2D eigenvalue weighted by Gasteiger charge is -2.27. The van der Waals surface area contributed by atoms with Crippen molar-refractivity contribution in [2.24, 2.45) is 0 Å². The van der Waals surface area contributed by atoms with Crippen molar-refractivity contribution < 1.29 is 4.92 Å². The van der Waals surface area contributed by atoms with Crippen LogP contribution in [0.4, 0.5) is 11.6 Å². The highest BCUT2D eigenvalue weighted by Gasteiger charge is 2.21. The van der Waals surface area contributed by atoms with Crippen LogP contribution in [0.5, 0.6) is 0 Å². The molecule has 0 bridgehead atoms. The quantitative estimate of drug-likeness (QED) is 0.621. The van der Waals surface area contributed by atoms with Gasteiger partial charge in [0.15, 0.2) is 5.82 Å². The highest BCUT2D eigenvalue weighted by molar-refractivity contribution is 9.11. The topological polar surface area (TPSA) is 76.6 Å². The van der Waals surface area contributed by atoms with Gasteiger partial charge in [0.05, 0.1) is 6.54 Å². The number of nitrogens with zero attached hydrogens (tertiary/aromatic N) is 5. The molecule has 104 valence electrons. The lowest BCUT2D eigenvalue weighted by atomic mass is 10.1. The average Bonchev–Trinajstić information content (AvgIpc) is 2.85. The maximum absolute atomic E-state index is 10.9. The molecule has 20 heavy (non-hydrogen) atoms. The zero-order valence-electron chi connectivity index (χ0n) is 10.8. The first kappa shape index (κ1) is 13.0. The molecule has 0 fully saturated rings. The molecule has 1 aliphatic heterocycles. The van der Waals surface area contributed by atoms with Gasteiger partial charge < -0.3 is 15.0 Å². The number of halogens is 1. The number of fused-ring (bicyclic) bond motifs is 1. The summed E-state index contributed by atoms with van der Waals surface area (Å²) in [6.45, 7) is 3.67. The van der Waals surface area contributed by atoms with Gasteiger partial charge in [0.1, 0.15) is 6.20 Å². The van der Waals surface area contributed by atoms with Crippen molar-refractivity contribution in [1.82, 2.24) is 14.6 Å². The minimum absolute atomic E-state index is 0.121. The van der Waals surface area contributed by atoms with Gasteiger partial charge in [-0.2, -0.15) is 0 Å². The van der Waals surface area contributed by atoms with E-state index in [2.05, 4.69) is 37.8 Å². The van der Waals surface area contributed by atoms with Gasteiger partial charge >= 0.3 is 5.82 Å². The Bertz CT molecular complexity index is 724. The van der Waals surface area contributed by atoms with Crippen LogP contribution in [0.3, 0.4) is 0 Å². The predicted molar refractivity (Wildman–Crippen MR) is 78.1 cm³/mol. The highest BCUT2D eigenvalue weighted by Crippen LogP contribution is 2.26. The highest BCUT2D eigenvalue weighted by atomic mass is 79.9. The van der Waals surface area contributed by atoms with Crippen LogP contribution in [0, 0.1) is 10.1 Å². The lowest BCUT2D eigenvalue weighted by Crippen LogP contribution is -2.31. The van der Waals surface area contributed by atoms with E-state index in [1.807, 2.05) is 6.07 Å². The molecular formula is C12H12BrN5O2. The molecule has 0 unspecified atom stereocenters. The van der Waals surface area contributed by atoms with E-state index in [1.165, 1.54) is 16.3 Å². The summed E-state index contributed by atoms with van der Waals surface area (Å²) in [5.41, 5.74) is 1.80. The average molecular weight is 338 g/mol. The summed E-state index contributed by atoms with van der Waals surface area (Å²) in [6, 6.07) is 3.58. The summed E-state index contributed by atoms with van der Waals surface area (Å²) in [5.74, 6) is 0.590. The number of rotatable bonds is 2. The van der Waals surface area contributed by atoms with Crippen LogP contribution in [-0.2, 0) is 0 Å². The van der Waals surface area contributed by atoms with Gasteiger partial charge in [0.2, 0.25) is 5.65 Å². The summed E-state index contributed by atoms with van der Waals surface area (Å²) in [5, 5.41) is 15.3. The molecular weight excluding hydrogens is 326 g/mol. The van der Waals surface area contributed by atoms with Gasteiger partial charge in [-0.1, -0.05) is 31.1 Å². The SMILES string of the molecule is CC1=C(Br)CN(c2ccc3ncc([N+](=O)[O-])n3n2)CC1. The Kier molecular flexibility index (Phi) is 3.17. The Labute approximate surface area is 123 Å². The maximum Gasteiger partial charge on any atom is 0.368 e. The van der Waals surface area contributed by atoms with Crippen LogP contribution in [0.1, 0.15) is 13.3 Å². The van der Waals surface area contributed by atoms with Crippen molar-refractivity contribution in [3.63, 3.8) is 0 Å². The van der Waals surface area contributed by atoms with Gasteiger partial charge in [0, 0.05) is 17.1 Å². The zero-order valence-corrected chi connectivity index (χ0v) is 12.4. The van der Waals surface area contributed by atoms with E-state index >= 15 is 0 Å². The monoisotopic (exact) mass is 337 g/mol. The molecule has 0 amide bonds. The molecule has 0 radical (unpaired) electrons. The van der Waals surface area contributed by atoms with Crippen molar-refractivity contribution in [3.8, 4) is 0 Å². The molecule has 1 aliphatic rings. The molecule has 2 aromatic rings. The van der Waals surface area contributed by atoms with Crippen molar-refractivity contribution in [3.05, 3.63) is 38.5 Å². The van der Waals surface area contributed by atoms with E-state index in [0.717, 1.165) is 24.0 Å². The summed E-state index contributed by atoms with van der Waals surface area (Å²) in [6.07, 6.45) is 2.18. The molecule has 0 aromatic carbocycles. The summed E-state index contributed by atoms with van der Waals surface area (Å²) >= 11 is 3.55. The molecule has 0 saturated heterocycles. The number of nitro groups is 1. The van der Waals surface area contributed by atoms with Crippen molar-refractivity contribution in [1.29, 1.82) is 0 Å². The molecule has 0 saturated carbocycles. The fourth-order valence-corrected chi connectivity index (χ4v) is 2.66. The molecule has 8 heteroatoms. The second kappa shape index (κ2) is 4.86. The smallest absolute Gasteiger partial charge is 0.358 e. The van der Waals surface area contributed by atoms with E-state index in [4.69, 9.17) is 0 Å². The van der Waals surface area contributed by atoms with Crippen LogP contribution in [0.15, 0.2) is 28.4 Å². The van der Waals surface area contributed by atoms with Crippen molar-refractivity contribution >= 4 is 33.2 Å². The Morgan fingerprint density at radius 3 is 2.95 bits per heavy atom. The third kappa shape index (κ3) is 2.15. The third-order valence-corrected chi connectivity index (χ3v) is 4.32. The number of imidazole rings is 1. The Balaban J connectivity index is 2.01. The molecule has 0 spiro atoms. The first-order valence-corrected chi connectivity index (χ1v) is 6.94. The van der Waals surface area contributed by atoms with Crippen molar-refractivity contribution in [2.45, 2.75) is 13.3 Å². The fourth-order valence-electron chi connectivity index (χ4n) is 2.16. The van der Waals surface area contributed by atoms with E-state index in [1.54, 1.807) is 6.07 Å². The van der Waals surface area contributed by atoms with E-state index in [0.29, 0.717) is 11.5 Å². The van der Waals surface area contributed by atoms with Gasteiger partial charge in [-0.25, -0.2) is 4.98 Å². The standard InChI is InChI=1S/C12H12BrN5O2/c1-8-4-5-16(7-9(8)13)11-3-2-10-14-6-12(18(19)20)17(10)15-11/h2-3,6H,4-5,7H2,1H3. The summed E-state index contributed by atoms with van der Waals surface area (Å²) in [7, 11) is 0. The van der Waals surface area contributed by atoms with Gasteiger partial charge in [-0.3, -0.25) is 0 Å². The van der Waals surface area contributed by atoms with Crippen LogP contribution in [-0.4, -0.2) is 32.6 Å². The minimum atomic E-state index is -0.479. The maximum atomic E-state index is 10.9. The lowest BCUT2D eigenvalue weighted by molar-refractivity contribution is -0.391. The Morgan fingerprint density at radius 1 is 1.45 bits per heavy atom. The van der Waals surface area contributed by atoms with E-state index in [9.17, 15) is 10.1 Å². The number of hydrogen-bond donors (Lipinski definition) is 0. The van der Waals surface area contributed by atoms with Crippen LogP contribution in [0.25, 0.3) is 5.65 Å². The van der Waals surface area contributed by atoms with Gasteiger partial charge in [-0.05, 0) is 24.3 Å². The first-order chi connectivity index (χ1) is 9.56. The molecule has 0 atom stereocenters. The first-order valence-electron chi connectivity index (χ1n) is 6.14. The van der Waals surface area contributed by atoms with Crippen molar-refractivity contribution in [2.75, 3.05) is 18.0 Å². The molecule has 7 nitrogen and oxygen atoms in total. The summed E-state index contributed by atoms with van der Waals surface area (Å²) in [4.78, 5) is 16.5. The van der Waals surface area contributed by atoms with Gasteiger partial charge in [0.25, 0.3) is 0 Å². The minimum Gasteiger partial charge on any atom is -0.358 e. The summed E-state index contributed by atoms with van der Waals surface area (Å²) < 4.78 is 2.42. The van der Waals surface area contributed by atoms with E-state index in [-0.39, 0.29) is 5.82 Å². The third-order valence-electron chi connectivity index (χ3n) is 3.39. The normalized spacial score (nSPS) is 16.0. The molecule has 3 rings (SSSR count). The molecule has 2 aromatic heterocycles. The Hall–Kier alpha value is -1.96. The Morgan fingerprint density at radius 2 is 2.25 bits per heavy atom. The number of hydrogen-bond acceptors (Lipinski definition) is 5.